The van der Waals surface area contributed by atoms with E-state index < -0.39 is 0 Å². The smallest absolute Gasteiger partial charge is 0.146 e. The Morgan fingerprint density at radius 3 is 2.95 bits per heavy atom. The van der Waals surface area contributed by atoms with Gasteiger partial charge in [0.1, 0.15) is 12.2 Å². The molecule has 2 heterocycles. The van der Waals surface area contributed by atoms with Crippen molar-refractivity contribution >= 4 is 10.9 Å². The third-order valence-electron chi connectivity index (χ3n) is 3.46. The number of aryl methyl sites for hydroxylation is 1. The average molecular weight is 270 g/mol. The van der Waals surface area contributed by atoms with Crippen LogP contribution in [0.5, 0.6) is 0 Å². The van der Waals surface area contributed by atoms with E-state index in [-0.39, 0.29) is 6.61 Å². The summed E-state index contributed by atoms with van der Waals surface area (Å²) in [5.41, 5.74) is 2.08. The van der Waals surface area contributed by atoms with Crippen molar-refractivity contribution < 1.29 is 5.11 Å². The summed E-state index contributed by atoms with van der Waals surface area (Å²) in [4.78, 5) is 4.34. The maximum atomic E-state index is 9.18. The fourth-order valence-corrected chi connectivity index (χ4v) is 2.45. The maximum Gasteiger partial charge on any atom is 0.146 e. The van der Waals surface area contributed by atoms with E-state index in [4.69, 9.17) is 0 Å². The molecule has 3 rings (SSSR count). The summed E-state index contributed by atoms with van der Waals surface area (Å²) < 4.78 is 4.11. The van der Waals surface area contributed by atoms with Gasteiger partial charge in [-0.1, -0.05) is 13.0 Å². The highest BCUT2D eigenvalue weighted by atomic mass is 16.3. The van der Waals surface area contributed by atoms with Crippen LogP contribution in [0.4, 0.5) is 0 Å². The lowest BCUT2D eigenvalue weighted by Crippen LogP contribution is -2.09. The monoisotopic (exact) mass is 270 g/mol. The summed E-state index contributed by atoms with van der Waals surface area (Å²) in [5, 5.41) is 14.6. The van der Waals surface area contributed by atoms with Gasteiger partial charge in [0.2, 0.25) is 0 Å². The highest BCUT2D eigenvalue weighted by molar-refractivity contribution is 5.80. The minimum Gasteiger partial charge on any atom is -0.392 e. The van der Waals surface area contributed by atoms with Gasteiger partial charge in [-0.15, -0.1) is 0 Å². The van der Waals surface area contributed by atoms with E-state index in [1.807, 2.05) is 22.9 Å². The third-order valence-corrected chi connectivity index (χ3v) is 3.46. The lowest BCUT2D eigenvalue weighted by Gasteiger charge is -2.07. The van der Waals surface area contributed by atoms with Gasteiger partial charge in [-0.25, -0.2) is 9.67 Å². The number of rotatable bonds is 5. The number of aliphatic hydroxyl groups is 1. The van der Waals surface area contributed by atoms with E-state index in [0.717, 1.165) is 35.3 Å². The number of hydrogen-bond donors (Lipinski definition) is 1. The molecule has 20 heavy (non-hydrogen) atoms. The molecule has 0 amide bonds. The van der Waals surface area contributed by atoms with E-state index >= 15 is 0 Å². The Morgan fingerprint density at radius 1 is 1.25 bits per heavy atom. The van der Waals surface area contributed by atoms with E-state index in [0.29, 0.717) is 6.54 Å². The molecule has 0 unspecified atom stereocenters. The molecule has 0 saturated heterocycles. The van der Waals surface area contributed by atoms with Crippen LogP contribution in [0.25, 0.3) is 10.9 Å². The predicted molar refractivity (Wildman–Crippen MR) is 77.3 cm³/mol. The van der Waals surface area contributed by atoms with Crippen LogP contribution >= 0.6 is 0 Å². The first-order chi connectivity index (χ1) is 9.81. The largest absolute Gasteiger partial charge is 0.392 e. The van der Waals surface area contributed by atoms with Crippen molar-refractivity contribution in [3.63, 3.8) is 0 Å². The zero-order chi connectivity index (χ0) is 13.9. The van der Waals surface area contributed by atoms with Crippen molar-refractivity contribution in [3.8, 4) is 0 Å². The van der Waals surface area contributed by atoms with Gasteiger partial charge in [0.05, 0.1) is 13.2 Å². The van der Waals surface area contributed by atoms with Gasteiger partial charge in [0.15, 0.2) is 0 Å². The van der Waals surface area contributed by atoms with E-state index in [9.17, 15) is 5.11 Å². The molecule has 5 nitrogen and oxygen atoms in total. The maximum absolute atomic E-state index is 9.18. The van der Waals surface area contributed by atoms with Crippen LogP contribution in [0.3, 0.4) is 0 Å². The quantitative estimate of drug-likeness (QED) is 0.773. The molecule has 3 aromatic rings. The Balaban J connectivity index is 1.92. The first-order valence-corrected chi connectivity index (χ1v) is 6.87. The van der Waals surface area contributed by atoms with Crippen LogP contribution in [0.2, 0.25) is 0 Å². The lowest BCUT2D eigenvalue weighted by molar-refractivity contribution is 0.282. The number of nitrogens with zero attached hydrogens (tertiary/aromatic N) is 4. The summed E-state index contributed by atoms with van der Waals surface area (Å²) in [5.74, 6) is 0.968. The molecule has 2 aromatic heterocycles. The number of aromatic nitrogens is 4. The molecule has 1 aromatic carbocycles. The van der Waals surface area contributed by atoms with Gasteiger partial charge in [-0.3, -0.25) is 0 Å². The normalized spacial score (nSPS) is 11.3. The van der Waals surface area contributed by atoms with Crippen molar-refractivity contribution in [3.05, 3.63) is 48.2 Å². The van der Waals surface area contributed by atoms with E-state index in [2.05, 4.69) is 33.8 Å². The van der Waals surface area contributed by atoms with Crippen LogP contribution < -0.4 is 0 Å². The molecule has 1 N–H and O–H groups in total. The fourth-order valence-electron chi connectivity index (χ4n) is 2.45. The molecule has 104 valence electrons. The minimum atomic E-state index is 0.0753. The van der Waals surface area contributed by atoms with Crippen LogP contribution in [-0.4, -0.2) is 24.4 Å². The van der Waals surface area contributed by atoms with Gasteiger partial charge in [0, 0.05) is 18.3 Å². The Morgan fingerprint density at radius 2 is 2.15 bits per heavy atom. The van der Waals surface area contributed by atoms with E-state index in [1.54, 1.807) is 6.33 Å². The molecule has 5 heteroatoms. The van der Waals surface area contributed by atoms with Crippen molar-refractivity contribution in [1.82, 2.24) is 19.3 Å². The summed E-state index contributed by atoms with van der Waals surface area (Å²) in [7, 11) is 0. The molecule has 0 aliphatic rings. The Kier molecular flexibility index (Phi) is 3.52. The van der Waals surface area contributed by atoms with Crippen molar-refractivity contribution in [2.24, 2.45) is 0 Å². The number of benzene rings is 1. The SMILES string of the molecule is CCCn1ncnc1Cn1ccc2cc(CO)ccc21. The number of hydrogen-bond acceptors (Lipinski definition) is 3. The summed E-state index contributed by atoms with van der Waals surface area (Å²) in [6, 6.07) is 8.08. The molecular weight excluding hydrogens is 252 g/mol. The van der Waals surface area contributed by atoms with Gasteiger partial charge in [0.25, 0.3) is 0 Å². The molecule has 0 bridgehead atoms. The zero-order valence-electron chi connectivity index (χ0n) is 11.5. The fraction of sp³-hybridized carbons (Fsp3) is 0.333. The topological polar surface area (TPSA) is 55.9 Å². The summed E-state index contributed by atoms with van der Waals surface area (Å²) in [6.07, 6.45) is 4.71. The molecule has 0 saturated carbocycles. The Hall–Kier alpha value is -2.14. The molecular formula is C15H18N4O. The second-order valence-electron chi connectivity index (χ2n) is 4.89. The summed E-state index contributed by atoms with van der Waals surface area (Å²) >= 11 is 0. The first kappa shape index (κ1) is 12.9. The van der Waals surface area contributed by atoms with Crippen molar-refractivity contribution in [1.29, 1.82) is 0 Å². The minimum absolute atomic E-state index is 0.0753. The molecule has 0 fully saturated rings. The summed E-state index contributed by atoms with van der Waals surface area (Å²) in [6.45, 7) is 3.81. The molecule has 0 atom stereocenters. The second kappa shape index (κ2) is 5.46. The van der Waals surface area contributed by atoms with Gasteiger partial charge < -0.3 is 9.67 Å². The first-order valence-electron chi connectivity index (χ1n) is 6.87. The van der Waals surface area contributed by atoms with Gasteiger partial charge in [-0.2, -0.15) is 5.10 Å². The highest BCUT2D eigenvalue weighted by Crippen LogP contribution is 2.18. The number of aliphatic hydroxyl groups excluding tert-OH is 1. The Labute approximate surface area is 117 Å². The standard InChI is InChI=1S/C15H18N4O/c1-2-6-19-15(16-11-17-19)9-18-7-5-13-8-12(10-20)3-4-14(13)18/h3-5,7-8,11,20H,2,6,9-10H2,1H3. The lowest BCUT2D eigenvalue weighted by atomic mass is 10.2. The Bertz CT molecular complexity index is 714. The molecule has 0 aliphatic heterocycles. The van der Waals surface area contributed by atoms with Crippen LogP contribution in [0.1, 0.15) is 24.7 Å². The predicted octanol–water partition coefficient (Wildman–Crippen LogP) is 2.18. The third kappa shape index (κ3) is 2.32. The average Bonchev–Trinajstić information content (AvgIpc) is 3.07. The van der Waals surface area contributed by atoms with E-state index in [1.165, 1.54) is 0 Å². The molecule has 0 aliphatic carbocycles. The van der Waals surface area contributed by atoms with Crippen LogP contribution in [0.15, 0.2) is 36.8 Å². The van der Waals surface area contributed by atoms with Gasteiger partial charge in [-0.05, 0) is 35.6 Å². The van der Waals surface area contributed by atoms with Crippen LogP contribution in [-0.2, 0) is 19.7 Å². The van der Waals surface area contributed by atoms with Crippen molar-refractivity contribution in [2.75, 3.05) is 0 Å². The van der Waals surface area contributed by atoms with Crippen LogP contribution in [0, 0.1) is 0 Å². The highest BCUT2D eigenvalue weighted by Gasteiger charge is 2.07. The zero-order valence-corrected chi connectivity index (χ0v) is 11.5. The van der Waals surface area contributed by atoms with Crippen molar-refractivity contribution in [2.45, 2.75) is 33.0 Å². The second-order valence-corrected chi connectivity index (χ2v) is 4.89. The van der Waals surface area contributed by atoms with Gasteiger partial charge >= 0.3 is 0 Å². The molecule has 0 spiro atoms. The number of fused-ring (bicyclic) bond motifs is 1. The molecule has 0 radical (unpaired) electrons.